The van der Waals surface area contributed by atoms with Crippen LogP contribution in [0.1, 0.15) is 24.8 Å². The second-order valence-corrected chi connectivity index (χ2v) is 9.66. The van der Waals surface area contributed by atoms with Gasteiger partial charge in [-0.1, -0.05) is 26.0 Å². The van der Waals surface area contributed by atoms with Gasteiger partial charge in [-0.3, -0.25) is 0 Å². The Hall–Kier alpha value is -2.50. The third-order valence-corrected chi connectivity index (χ3v) is 7.22. The molecule has 28 heavy (non-hydrogen) atoms. The van der Waals surface area contributed by atoms with E-state index in [1.165, 1.54) is 11.8 Å². The number of aromatic nitrogens is 2. The van der Waals surface area contributed by atoms with Crippen molar-refractivity contribution >= 4 is 32.6 Å². The number of halogens is 1. The van der Waals surface area contributed by atoms with Gasteiger partial charge in [0.1, 0.15) is 16.5 Å². The summed E-state index contributed by atoms with van der Waals surface area (Å²) in [5, 5.41) is 8.61. The minimum Gasteiger partial charge on any atom is -0.246 e. The average molecular weight is 416 g/mol. The van der Waals surface area contributed by atoms with Gasteiger partial charge in [-0.05, 0) is 42.3 Å². The Balaban J connectivity index is 2.16. The summed E-state index contributed by atoms with van der Waals surface area (Å²) in [5.74, 6) is 0.501. The Labute approximate surface area is 167 Å². The lowest BCUT2D eigenvalue weighted by Crippen LogP contribution is -2.16. The van der Waals surface area contributed by atoms with Crippen molar-refractivity contribution in [1.29, 1.82) is 5.26 Å². The van der Waals surface area contributed by atoms with Crippen molar-refractivity contribution in [3.63, 3.8) is 0 Å². The molecule has 3 rings (SSSR count). The lowest BCUT2D eigenvalue weighted by Gasteiger charge is -2.15. The molecule has 8 heteroatoms. The predicted octanol–water partition coefficient (Wildman–Crippen LogP) is 4.56. The van der Waals surface area contributed by atoms with Gasteiger partial charge in [0.2, 0.25) is 9.84 Å². The van der Waals surface area contributed by atoms with Crippen molar-refractivity contribution in [2.45, 2.75) is 29.0 Å². The molecule has 0 unspecified atom stereocenters. The van der Waals surface area contributed by atoms with Crippen LogP contribution >= 0.6 is 11.8 Å². The average Bonchev–Trinajstić information content (AvgIpc) is 2.67. The number of para-hydroxylation sites is 2. The predicted molar refractivity (Wildman–Crippen MR) is 107 cm³/mol. The number of hydrogen-bond acceptors (Lipinski definition) is 6. The lowest BCUT2D eigenvalue weighted by atomic mass is 10.2. The molecule has 1 heterocycles. The summed E-state index contributed by atoms with van der Waals surface area (Å²) < 4.78 is 39.4. The molecule has 0 spiro atoms. The quantitative estimate of drug-likeness (QED) is 0.434. The molecule has 0 saturated carbocycles. The van der Waals surface area contributed by atoms with Crippen LogP contribution in [0.3, 0.4) is 0 Å². The molecule has 1 atom stereocenters. The monoisotopic (exact) mass is 415 g/mol. The van der Waals surface area contributed by atoms with Crippen molar-refractivity contribution in [1.82, 2.24) is 9.97 Å². The minimum absolute atomic E-state index is 0.108. The zero-order valence-electron chi connectivity index (χ0n) is 15.3. The summed E-state index contributed by atoms with van der Waals surface area (Å²) in [4.78, 5) is 8.91. The van der Waals surface area contributed by atoms with Crippen LogP contribution < -0.4 is 0 Å². The van der Waals surface area contributed by atoms with Gasteiger partial charge in [0.15, 0.2) is 5.25 Å². The summed E-state index contributed by atoms with van der Waals surface area (Å²) in [6.45, 7) is 4.08. The molecule has 0 aliphatic carbocycles. The Morgan fingerprint density at radius 2 is 1.68 bits per heavy atom. The number of rotatable bonds is 6. The van der Waals surface area contributed by atoms with Gasteiger partial charge in [-0.15, -0.1) is 11.8 Å². The molecule has 0 amide bonds. The smallest absolute Gasteiger partial charge is 0.200 e. The highest BCUT2D eigenvalue weighted by atomic mass is 32.2. The lowest BCUT2D eigenvalue weighted by molar-refractivity contribution is 0.588. The molecule has 0 saturated heterocycles. The van der Waals surface area contributed by atoms with Crippen LogP contribution in [0.5, 0.6) is 0 Å². The molecule has 144 valence electrons. The largest absolute Gasteiger partial charge is 0.246 e. The van der Waals surface area contributed by atoms with Crippen LogP contribution in [0.4, 0.5) is 4.39 Å². The van der Waals surface area contributed by atoms with Crippen molar-refractivity contribution in [3.05, 3.63) is 60.0 Å². The van der Waals surface area contributed by atoms with E-state index in [9.17, 15) is 18.1 Å². The van der Waals surface area contributed by atoms with Gasteiger partial charge in [0, 0.05) is 5.75 Å². The summed E-state index contributed by atoms with van der Waals surface area (Å²) in [6.07, 6.45) is 0. The van der Waals surface area contributed by atoms with E-state index < -0.39 is 20.9 Å². The Morgan fingerprint density at radius 1 is 1.07 bits per heavy atom. The Bertz CT molecular complexity index is 1140. The van der Waals surface area contributed by atoms with E-state index in [0.29, 0.717) is 27.7 Å². The summed E-state index contributed by atoms with van der Waals surface area (Å²) in [5.41, 5.74) is 1.26. The normalized spacial score (nSPS) is 12.8. The van der Waals surface area contributed by atoms with Crippen LogP contribution in [0.15, 0.2) is 58.5 Å². The Morgan fingerprint density at radius 3 is 2.25 bits per heavy atom. The molecular formula is C20H18FN3O2S2. The van der Waals surface area contributed by atoms with E-state index in [2.05, 4.69) is 9.97 Å². The maximum atomic E-state index is 13.2. The summed E-state index contributed by atoms with van der Waals surface area (Å²) in [6, 6.07) is 13.4. The fraction of sp³-hybridized carbons (Fsp3) is 0.250. The van der Waals surface area contributed by atoms with Crippen LogP contribution in [0.2, 0.25) is 0 Å². The van der Waals surface area contributed by atoms with E-state index in [1.807, 2.05) is 26.0 Å². The molecule has 5 nitrogen and oxygen atoms in total. The van der Waals surface area contributed by atoms with E-state index in [0.717, 1.165) is 24.3 Å². The second-order valence-electron chi connectivity index (χ2n) is 6.62. The van der Waals surface area contributed by atoms with Gasteiger partial charge < -0.3 is 0 Å². The highest BCUT2D eigenvalue weighted by Gasteiger charge is 2.33. The van der Waals surface area contributed by atoms with Gasteiger partial charge in [-0.2, -0.15) is 5.26 Å². The second kappa shape index (κ2) is 8.25. The third kappa shape index (κ3) is 4.16. The zero-order valence-corrected chi connectivity index (χ0v) is 17.0. The van der Waals surface area contributed by atoms with Gasteiger partial charge in [-0.25, -0.2) is 22.8 Å². The maximum Gasteiger partial charge on any atom is 0.200 e. The van der Waals surface area contributed by atoms with Crippen molar-refractivity contribution < 1.29 is 12.8 Å². The molecule has 0 N–H and O–H groups in total. The highest BCUT2D eigenvalue weighted by Crippen LogP contribution is 2.34. The van der Waals surface area contributed by atoms with E-state index in [4.69, 9.17) is 0 Å². The van der Waals surface area contributed by atoms with Crippen LogP contribution in [-0.4, -0.2) is 24.1 Å². The number of fused-ring (bicyclic) bond motifs is 1. The first-order chi connectivity index (χ1) is 13.3. The van der Waals surface area contributed by atoms with Gasteiger partial charge >= 0.3 is 0 Å². The summed E-state index contributed by atoms with van der Waals surface area (Å²) in [7, 11) is -4.09. The number of hydrogen-bond donors (Lipinski definition) is 0. The first-order valence-electron chi connectivity index (χ1n) is 8.61. The molecule has 0 bridgehead atoms. The first-order valence-corrected chi connectivity index (χ1v) is 11.1. The van der Waals surface area contributed by atoms with E-state index >= 15 is 0 Å². The van der Waals surface area contributed by atoms with Crippen molar-refractivity contribution in [3.8, 4) is 6.07 Å². The number of sulfone groups is 1. The van der Waals surface area contributed by atoms with Crippen molar-refractivity contribution in [2.75, 3.05) is 5.75 Å². The third-order valence-electron chi connectivity index (χ3n) is 3.94. The molecule has 3 aromatic rings. The van der Waals surface area contributed by atoms with Gasteiger partial charge in [0.25, 0.3) is 0 Å². The van der Waals surface area contributed by atoms with Crippen LogP contribution in [0, 0.1) is 23.1 Å². The fourth-order valence-electron chi connectivity index (χ4n) is 2.56. The van der Waals surface area contributed by atoms with Crippen molar-refractivity contribution in [2.24, 2.45) is 5.92 Å². The van der Waals surface area contributed by atoms with E-state index in [1.54, 1.807) is 18.2 Å². The fourth-order valence-corrected chi connectivity index (χ4v) is 4.98. The highest BCUT2D eigenvalue weighted by molar-refractivity contribution is 7.99. The number of nitrogens with zero attached hydrogens (tertiary/aromatic N) is 3. The minimum atomic E-state index is -4.09. The molecule has 0 radical (unpaired) electrons. The molecule has 0 aliphatic rings. The standard InChI is InChI=1S/C20H18FN3O2S2/c1-13(2)12-27-20-19(23-16-5-3-4-6-17(16)24-20)18(11-22)28(25,26)15-9-7-14(21)8-10-15/h3-10,13,18H,12H2,1-2H3/t18-/m0/s1. The van der Waals surface area contributed by atoms with Crippen LogP contribution in [-0.2, 0) is 9.84 Å². The number of benzene rings is 2. The van der Waals surface area contributed by atoms with E-state index in [-0.39, 0.29) is 10.6 Å². The number of nitriles is 1. The topological polar surface area (TPSA) is 83.7 Å². The summed E-state index contributed by atoms with van der Waals surface area (Å²) >= 11 is 1.38. The SMILES string of the molecule is CC(C)CSc1nc2ccccc2nc1[C@H](C#N)S(=O)(=O)c1ccc(F)cc1. The van der Waals surface area contributed by atoms with Gasteiger partial charge in [0.05, 0.1) is 22.0 Å². The molecule has 1 aromatic heterocycles. The molecule has 0 aliphatic heterocycles. The van der Waals surface area contributed by atoms with Crippen LogP contribution in [0.25, 0.3) is 11.0 Å². The zero-order chi connectivity index (χ0) is 20.3. The molecule has 2 aromatic carbocycles. The maximum absolute atomic E-state index is 13.2. The molecular weight excluding hydrogens is 397 g/mol. The number of thioether (sulfide) groups is 1. The molecule has 0 fully saturated rings. The first kappa shape index (κ1) is 20.2. The Kier molecular flexibility index (Phi) is 5.96.